The van der Waals surface area contributed by atoms with Crippen LogP contribution in [0.15, 0.2) is 29.2 Å². The quantitative estimate of drug-likeness (QED) is 0.885. The summed E-state index contributed by atoms with van der Waals surface area (Å²) < 4.78 is 26.3. The molecule has 1 unspecified atom stereocenters. The summed E-state index contributed by atoms with van der Waals surface area (Å²) in [7, 11) is -3.84. The first kappa shape index (κ1) is 15.9. The van der Waals surface area contributed by atoms with E-state index in [2.05, 4.69) is 0 Å². The lowest BCUT2D eigenvalue weighted by atomic mass is 10.2. The third-order valence-electron chi connectivity index (χ3n) is 4.32. The molecule has 2 aliphatic rings. The first-order valence-corrected chi connectivity index (χ1v) is 9.00. The van der Waals surface area contributed by atoms with Gasteiger partial charge in [-0.25, -0.2) is 8.42 Å². The second kappa shape index (κ2) is 5.93. The Morgan fingerprint density at radius 3 is 2.39 bits per heavy atom. The van der Waals surface area contributed by atoms with Crippen LogP contribution in [-0.4, -0.2) is 48.8 Å². The topological polar surface area (TPSA) is 95.0 Å². The molecule has 7 nitrogen and oxygen atoms in total. The van der Waals surface area contributed by atoms with Crippen LogP contribution < -0.4 is 4.90 Å². The Bertz CT molecular complexity index is 729. The second-order valence-electron chi connectivity index (χ2n) is 5.75. The van der Waals surface area contributed by atoms with E-state index in [4.69, 9.17) is 5.11 Å². The first-order valence-electron chi connectivity index (χ1n) is 7.56. The number of aliphatic carboxylic acids is 1. The van der Waals surface area contributed by atoms with Gasteiger partial charge in [0, 0.05) is 25.2 Å². The van der Waals surface area contributed by atoms with Gasteiger partial charge in [-0.3, -0.25) is 9.59 Å². The summed E-state index contributed by atoms with van der Waals surface area (Å²) in [6, 6.07) is 5.07. The highest BCUT2D eigenvalue weighted by Crippen LogP contribution is 2.28. The highest BCUT2D eigenvalue weighted by Gasteiger charge is 2.39. The van der Waals surface area contributed by atoms with Crippen LogP contribution in [0.2, 0.25) is 0 Å². The van der Waals surface area contributed by atoms with Crippen LogP contribution in [0.5, 0.6) is 0 Å². The molecule has 2 saturated heterocycles. The maximum absolute atomic E-state index is 12.6. The van der Waals surface area contributed by atoms with Crippen molar-refractivity contribution in [3.63, 3.8) is 0 Å². The molecule has 3 rings (SSSR count). The fraction of sp³-hybridized carbons (Fsp3) is 0.467. The minimum Gasteiger partial charge on any atom is -0.480 e. The standard InChI is InChI=1S/C15H18N2O5S/c18-14-4-2-9-16(14)11-5-7-12(8-6-11)23(21,22)17-10-1-3-13(17)15(19)20/h5-8,13H,1-4,9-10H2,(H,19,20). The number of carbonyl (C=O) groups excluding carboxylic acids is 1. The lowest BCUT2D eigenvalue weighted by molar-refractivity contribution is -0.140. The van der Waals surface area contributed by atoms with Crippen molar-refractivity contribution in [2.24, 2.45) is 0 Å². The molecule has 2 fully saturated rings. The number of sulfonamides is 1. The van der Waals surface area contributed by atoms with Crippen LogP contribution in [0.1, 0.15) is 25.7 Å². The third kappa shape index (κ3) is 2.84. The molecule has 0 aliphatic carbocycles. The van der Waals surface area contributed by atoms with Crippen molar-refractivity contribution in [3.05, 3.63) is 24.3 Å². The number of carbonyl (C=O) groups is 2. The van der Waals surface area contributed by atoms with E-state index in [1.165, 1.54) is 12.1 Å². The lowest BCUT2D eigenvalue weighted by Gasteiger charge is -2.21. The average molecular weight is 338 g/mol. The van der Waals surface area contributed by atoms with E-state index >= 15 is 0 Å². The van der Waals surface area contributed by atoms with E-state index in [1.807, 2.05) is 0 Å². The van der Waals surface area contributed by atoms with Crippen molar-refractivity contribution in [1.82, 2.24) is 4.31 Å². The normalized spacial score (nSPS) is 22.7. The average Bonchev–Trinajstić information content (AvgIpc) is 3.16. The Morgan fingerprint density at radius 2 is 1.83 bits per heavy atom. The zero-order valence-electron chi connectivity index (χ0n) is 12.5. The number of hydrogen-bond acceptors (Lipinski definition) is 4. The molecular formula is C15H18N2O5S. The van der Waals surface area contributed by atoms with Crippen molar-refractivity contribution >= 4 is 27.6 Å². The van der Waals surface area contributed by atoms with Crippen molar-refractivity contribution in [3.8, 4) is 0 Å². The monoisotopic (exact) mass is 338 g/mol. The van der Waals surface area contributed by atoms with Crippen LogP contribution in [-0.2, 0) is 19.6 Å². The van der Waals surface area contributed by atoms with Gasteiger partial charge < -0.3 is 10.0 Å². The Labute approximate surface area is 134 Å². The molecule has 1 aromatic rings. The summed E-state index contributed by atoms with van der Waals surface area (Å²) in [6.45, 7) is 0.851. The predicted octanol–water partition coefficient (Wildman–Crippen LogP) is 1.05. The number of amides is 1. The molecule has 2 heterocycles. The van der Waals surface area contributed by atoms with Crippen LogP contribution in [0.25, 0.3) is 0 Å². The molecule has 1 N–H and O–H groups in total. The maximum atomic E-state index is 12.6. The van der Waals surface area contributed by atoms with Gasteiger partial charge in [-0.2, -0.15) is 4.31 Å². The summed E-state index contributed by atoms with van der Waals surface area (Å²) in [4.78, 5) is 24.6. The molecule has 23 heavy (non-hydrogen) atoms. The van der Waals surface area contributed by atoms with E-state index in [-0.39, 0.29) is 17.3 Å². The van der Waals surface area contributed by atoms with Gasteiger partial charge in [-0.1, -0.05) is 0 Å². The molecule has 0 aromatic heterocycles. The number of carboxylic acid groups (broad SMARTS) is 1. The maximum Gasteiger partial charge on any atom is 0.322 e. The van der Waals surface area contributed by atoms with Crippen molar-refractivity contribution in [1.29, 1.82) is 0 Å². The van der Waals surface area contributed by atoms with Gasteiger partial charge >= 0.3 is 5.97 Å². The number of carboxylic acids is 1. The highest BCUT2D eigenvalue weighted by molar-refractivity contribution is 7.89. The molecular weight excluding hydrogens is 320 g/mol. The molecule has 0 saturated carbocycles. The number of rotatable bonds is 4. The Balaban J connectivity index is 1.86. The molecule has 0 spiro atoms. The predicted molar refractivity (Wildman–Crippen MR) is 82.6 cm³/mol. The Kier molecular flexibility index (Phi) is 4.11. The fourth-order valence-electron chi connectivity index (χ4n) is 3.13. The van der Waals surface area contributed by atoms with Crippen molar-refractivity contribution < 1.29 is 23.1 Å². The van der Waals surface area contributed by atoms with Gasteiger partial charge in [0.1, 0.15) is 6.04 Å². The fourth-order valence-corrected chi connectivity index (χ4v) is 4.78. The lowest BCUT2D eigenvalue weighted by Crippen LogP contribution is -2.40. The number of nitrogens with zero attached hydrogens (tertiary/aromatic N) is 2. The Hall–Kier alpha value is -1.93. The van der Waals surface area contributed by atoms with Gasteiger partial charge in [0.15, 0.2) is 0 Å². The van der Waals surface area contributed by atoms with Gasteiger partial charge in [-0.05, 0) is 43.5 Å². The second-order valence-corrected chi connectivity index (χ2v) is 7.65. The minimum atomic E-state index is -3.84. The van der Waals surface area contributed by atoms with Gasteiger partial charge in [0.2, 0.25) is 15.9 Å². The first-order chi connectivity index (χ1) is 10.9. The summed E-state index contributed by atoms with van der Waals surface area (Å²) in [5.74, 6) is -1.09. The van der Waals surface area contributed by atoms with Crippen molar-refractivity contribution in [2.45, 2.75) is 36.6 Å². The zero-order chi connectivity index (χ0) is 16.6. The van der Waals surface area contributed by atoms with E-state index in [9.17, 15) is 18.0 Å². The summed E-state index contributed by atoms with van der Waals surface area (Å²) in [5.41, 5.74) is 0.669. The van der Waals surface area contributed by atoms with E-state index < -0.39 is 22.0 Å². The number of anilines is 1. The van der Waals surface area contributed by atoms with Crippen LogP contribution in [0.4, 0.5) is 5.69 Å². The van der Waals surface area contributed by atoms with Crippen LogP contribution in [0.3, 0.4) is 0 Å². The highest BCUT2D eigenvalue weighted by atomic mass is 32.2. The largest absolute Gasteiger partial charge is 0.480 e. The minimum absolute atomic E-state index is 0.0334. The van der Waals surface area contributed by atoms with Gasteiger partial charge in [-0.15, -0.1) is 0 Å². The molecule has 1 aromatic carbocycles. The third-order valence-corrected chi connectivity index (χ3v) is 6.24. The molecule has 0 radical (unpaired) electrons. The zero-order valence-corrected chi connectivity index (χ0v) is 13.3. The summed E-state index contributed by atoms with van der Waals surface area (Å²) in [5, 5.41) is 9.16. The molecule has 8 heteroatoms. The Morgan fingerprint density at radius 1 is 1.13 bits per heavy atom. The van der Waals surface area contributed by atoms with Crippen LogP contribution >= 0.6 is 0 Å². The van der Waals surface area contributed by atoms with E-state index in [0.717, 1.165) is 10.7 Å². The van der Waals surface area contributed by atoms with Gasteiger partial charge in [0.25, 0.3) is 0 Å². The van der Waals surface area contributed by atoms with Gasteiger partial charge in [0.05, 0.1) is 4.90 Å². The summed E-state index contributed by atoms with van der Waals surface area (Å²) in [6.07, 6.45) is 2.17. The SMILES string of the molecule is O=C(O)C1CCCN1S(=O)(=O)c1ccc(N2CCCC2=O)cc1. The molecule has 124 valence electrons. The number of hydrogen-bond donors (Lipinski definition) is 1. The van der Waals surface area contributed by atoms with E-state index in [0.29, 0.717) is 31.5 Å². The molecule has 0 bridgehead atoms. The molecule has 1 atom stereocenters. The summed E-state index contributed by atoms with van der Waals surface area (Å²) >= 11 is 0. The van der Waals surface area contributed by atoms with E-state index in [1.54, 1.807) is 17.0 Å². The van der Waals surface area contributed by atoms with Crippen molar-refractivity contribution in [2.75, 3.05) is 18.0 Å². The molecule has 1 amide bonds. The van der Waals surface area contributed by atoms with Crippen LogP contribution in [0, 0.1) is 0 Å². The smallest absolute Gasteiger partial charge is 0.322 e. The molecule has 2 aliphatic heterocycles. The number of benzene rings is 1.